The van der Waals surface area contributed by atoms with Crippen molar-refractivity contribution in [2.24, 2.45) is 39.9 Å². The highest BCUT2D eigenvalue weighted by Crippen LogP contribution is 2.14. The van der Waals surface area contributed by atoms with Crippen molar-refractivity contribution < 1.29 is 67.7 Å². The van der Waals surface area contributed by atoms with Gasteiger partial charge in [-0.2, -0.15) is 0 Å². The molecule has 2 aromatic carbocycles. The molecular formula is C59H86N16O14. The van der Waals surface area contributed by atoms with Gasteiger partial charge in [0.2, 0.25) is 59.1 Å². The van der Waals surface area contributed by atoms with Gasteiger partial charge in [0.25, 0.3) is 0 Å². The second-order valence-corrected chi connectivity index (χ2v) is 22.9. The molecule has 4 rings (SSSR count). The minimum atomic E-state index is -1.90. The number of benzene rings is 2. The molecule has 10 unspecified atom stereocenters. The summed E-state index contributed by atoms with van der Waals surface area (Å²) in [5.74, 6) is -13.9. The smallest absolute Gasteiger partial charge is 0.305 e. The maximum atomic E-state index is 14.6. The fraction of sp³-hybridized carbons (Fsp3) is 0.525. The molecule has 486 valence electrons. The first-order valence-electron chi connectivity index (χ1n) is 29.4. The number of nitrogens with two attached hydrogens (primary N) is 3. The van der Waals surface area contributed by atoms with Crippen LogP contribution in [0.1, 0.15) is 103 Å². The van der Waals surface area contributed by atoms with Gasteiger partial charge >= 0.3 is 11.9 Å². The maximum Gasteiger partial charge on any atom is 0.305 e. The highest BCUT2D eigenvalue weighted by atomic mass is 16.4. The van der Waals surface area contributed by atoms with Gasteiger partial charge < -0.3 is 85.6 Å². The van der Waals surface area contributed by atoms with Crippen LogP contribution >= 0.6 is 0 Å². The number of nitrogens with one attached hydrogen (secondary N) is 11. The molecule has 3 aromatic rings. The number of nitrogens with zero attached hydrogens (tertiary/aromatic N) is 2. The topological polar surface area (TPSA) is 485 Å². The average Bonchev–Trinajstić information content (AvgIpc) is 4.04. The van der Waals surface area contributed by atoms with Crippen molar-refractivity contribution in [1.29, 1.82) is 0 Å². The molecule has 30 heteroatoms. The second kappa shape index (κ2) is 36.0. The van der Waals surface area contributed by atoms with Crippen molar-refractivity contribution in [2.45, 2.75) is 166 Å². The predicted molar refractivity (Wildman–Crippen MR) is 324 cm³/mol. The van der Waals surface area contributed by atoms with Crippen molar-refractivity contribution in [3.63, 3.8) is 0 Å². The molecule has 0 radical (unpaired) electrons. The van der Waals surface area contributed by atoms with E-state index < -0.39 is 156 Å². The number of rotatable bonds is 37. The number of primary amides is 1. The second-order valence-electron chi connectivity index (χ2n) is 22.9. The minimum absolute atomic E-state index is 0.0180. The molecule has 1 aliphatic rings. The van der Waals surface area contributed by atoms with Crippen LogP contribution in [0.4, 0.5) is 0 Å². The zero-order valence-electron chi connectivity index (χ0n) is 50.8. The molecule has 0 aliphatic carbocycles. The summed E-state index contributed by atoms with van der Waals surface area (Å²) in [6.45, 7) is 10.4. The number of imidazole rings is 1. The van der Waals surface area contributed by atoms with Crippen molar-refractivity contribution in [3.8, 4) is 0 Å². The first-order valence-corrected chi connectivity index (χ1v) is 29.4. The molecule has 2 heterocycles. The van der Waals surface area contributed by atoms with Crippen molar-refractivity contribution >= 4 is 77.0 Å². The number of carbonyl (C=O) groups excluding carboxylic acids is 10. The molecule has 0 spiro atoms. The van der Waals surface area contributed by atoms with Crippen LogP contribution in [0.2, 0.25) is 0 Å². The van der Waals surface area contributed by atoms with Crippen LogP contribution in [-0.4, -0.2) is 171 Å². The van der Waals surface area contributed by atoms with E-state index in [0.29, 0.717) is 36.2 Å². The van der Waals surface area contributed by atoms with Crippen LogP contribution < -0.4 is 70.4 Å². The Morgan fingerprint density at radius 2 is 0.989 bits per heavy atom. The van der Waals surface area contributed by atoms with Gasteiger partial charge in [0, 0.05) is 37.7 Å². The summed E-state index contributed by atoms with van der Waals surface area (Å²) in [6.07, 6.45) is 1.66. The van der Waals surface area contributed by atoms with Gasteiger partial charge in [-0.15, -0.1) is 0 Å². The van der Waals surface area contributed by atoms with Gasteiger partial charge in [0.05, 0.1) is 25.2 Å². The highest BCUT2D eigenvalue weighted by molar-refractivity contribution is 6.00. The first kappa shape index (κ1) is 72.0. The van der Waals surface area contributed by atoms with Gasteiger partial charge in [-0.3, -0.25) is 62.5 Å². The number of hydrogen-bond donors (Lipinski definition) is 16. The number of H-pyrrole nitrogens is 1. The summed E-state index contributed by atoms with van der Waals surface area (Å²) < 4.78 is 0. The fourth-order valence-electron chi connectivity index (χ4n) is 9.57. The number of aromatic nitrogens is 2. The van der Waals surface area contributed by atoms with Gasteiger partial charge in [-0.25, -0.2) is 4.98 Å². The lowest BCUT2D eigenvalue weighted by Gasteiger charge is -2.29. The maximum absolute atomic E-state index is 14.6. The molecule has 30 nitrogen and oxygen atoms in total. The Bertz CT molecular complexity index is 2920. The third kappa shape index (κ3) is 25.0. The molecule has 10 atom stereocenters. The molecular weight excluding hydrogens is 1160 g/mol. The Kier molecular flexibility index (Phi) is 29.1. The van der Waals surface area contributed by atoms with E-state index in [9.17, 15) is 67.7 Å². The van der Waals surface area contributed by atoms with E-state index in [4.69, 9.17) is 17.2 Å². The van der Waals surface area contributed by atoms with Crippen molar-refractivity contribution in [3.05, 3.63) is 90.0 Å². The standard InChI is InChI=1S/C59H86N16O14/c1-31(2)23-40(52(83)67-38(20-14-22-65-59(61)62)51(82)68-39(49(60)80)24-34-15-9-7-10-16-34)69-53(84)41(25-35-17-11-8-12-18-35)72-57(88)47(32(3)4)74-55(86)42(26-36-29-63-30-66-36)70-54(85)43(27-45(76)77)73-58(89)48(33(5)6)75-56(87)44(28-46(78)79)71-50(81)37-19-13-21-64-37/h7-12,15-18,29-33,37-44,47-48,64H,13-14,19-28H2,1-6H3,(H2,60,80)(H,63,66)(H,67,83)(H,68,82)(H,69,84)(H,70,85)(H,71,81)(H,72,88)(H,73,89)(H,74,86)(H,75,87)(H,76,77)(H,78,79)(H4,61,62,65). The largest absolute Gasteiger partial charge is 0.481 e. The van der Waals surface area contributed by atoms with Crippen LogP contribution in [0, 0.1) is 17.8 Å². The quantitative estimate of drug-likeness (QED) is 0.0160. The number of amides is 10. The predicted octanol–water partition coefficient (Wildman–Crippen LogP) is -2.60. The SMILES string of the molecule is CC(C)CC(NC(=O)C(Cc1ccccc1)NC(=O)C(NC(=O)C(Cc1cnc[nH]1)NC(=O)C(CC(=O)O)NC(=O)C(NC(=O)C(CC(=O)O)NC(=O)C1CCCN1)C(C)C)C(C)C)C(=O)NC(CCCN=C(N)N)C(=O)NC(Cc1ccccc1)C(N)=O. The van der Waals surface area contributed by atoms with Crippen LogP contribution in [-0.2, 0) is 76.8 Å². The molecule has 0 bridgehead atoms. The Labute approximate surface area is 515 Å². The zero-order valence-corrected chi connectivity index (χ0v) is 50.8. The Balaban J connectivity index is 1.58. The van der Waals surface area contributed by atoms with E-state index in [0.717, 1.165) is 0 Å². The lowest BCUT2D eigenvalue weighted by Crippen LogP contribution is -2.62. The number of carboxylic acids is 2. The number of aliphatic imine (C=N–C) groups is 1. The minimum Gasteiger partial charge on any atom is -0.481 e. The van der Waals surface area contributed by atoms with Crippen LogP contribution in [0.5, 0.6) is 0 Å². The van der Waals surface area contributed by atoms with E-state index in [1.54, 1.807) is 88.4 Å². The normalized spacial score (nSPS) is 15.9. The summed E-state index contributed by atoms with van der Waals surface area (Å²) in [6, 6.07) is 3.39. The van der Waals surface area contributed by atoms with E-state index in [2.05, 4.69) is 68.1 Å². The molecule has 89 heavy (non-hydrogen) atoms. The summed E-state index contributed by atoms with van der Waals surface area (Å²) >= 11 is 0. The number of hydrogen-bond acceptors (Lipinski definition) is 15. The third-order valence-electron chi connectivity index (χ3n) is 14.3. The first-order chi connectivity index (χ1) is 42.1. The van der Waals surface area contributed by atoms with Gasteiger partial charge in [0.1, 0.15) is 54.4 Å². The fourth-order valence-corrected chi connectivity index (χ4v) is 9.57. The van der Waals surface area contributed by atoms with E-state index >= 15 is 0 Å². The molecule has 1 aliphatic heterocycles. The summed E-state index contributed by atoms with van der Waals surface area (Å²) in [7, 11) is 0. The van der Waals surface area contributed by atoms with Crippen LogP contribution in [0.3, 0.4) is 0 Å². The van der Waals surface area contributed by atoms with Crippen LogP contribution in [0.25, 0.3) is 0 Å². The van der Waals surface area contributed by atoms with E-state index in [-0.39, 0.29) is 56.9 Å². The Hall–Kier alpha value is -9.48. The number of aromatic amines is 1. The van der Waals surface area contributed by atoms with Gasteiger partial charge in [0.15, 0.2) is 5.96 Å². The van der Waals surface area contributed by atoms with E-state index in [1.807, 2.05) is 0 Å². The monoisotopic (exact) mass is 1240 g/mol. The highest BCUT2D eigenvalue weighted by Gasteiger charge is 2.38. The summed E-state index contributed by atoms with van der Waals surface area (Å²) in [5, 5.41) is 45.5. The molecule has 1 saturated heterocycles. The summed E-state index contributed by atoms with van der Waals surface area (Å²) in [5.41, 5.74) is 18.3. The van der Waals surface area contributed by atoms with E-state index in [1.165, 1.54) is 26.4 Å². The van der Waals surface area contributed by atoms with Crippen LogP contribution in [0.15, 0.2) is 78.2 Å². The number of guanidine groups is 1. The third-order valence-corrected chi connectivity index (χ3v) is 14.3. The van der Waals surface area contributed by atoms with Gasteiger partial charge in [-0.1, -0.05) is 102 Å². The van der Waals surface area contributed by atoms with Gasteiger partial charge in [-0.05, 0) is 67.5 Å². The number of carbonyl (C=O) groups is 12. The Morgan fingerprint density at radius 3 is 1.47 bits per heavy atom. The molecule has 1 aromatic heterocycles. The molecule has 0 saturated carbocycles. The Morgan fingerprint density at radius 1 is 0.551 bits per heavy atom. The zero-order chi connectivity index (χ0) is 65.9. The lowest BCUT2D eigenvalue weighted by molar-refractivity contribution is -0.142. The van der Waals surface area contributed by atoms with Crippen molar-refractivity contribution in [2.75, 3.05) is 13.1 Å². The average molecular weight is 1240 g/mol. The number of aliphatic carboxylic acids is 2. The molecule has 1 fully saturated rings. The van der Waals surface area contributed by atoms with Crippen molar-refractivity contribution in [1.82, 2.24) is 63.1 Å². The lowest BCUT2D eigenvalue weighted by atomic mass is 9.98. The number of carboxylic acid groups (broad SMARTS) is 2. The molecule has 10 amide bonds. The summed E-state index contributed by atoms with van der Waals surface area (Å²) in [4.78, 5) is 174. The molecule has 19 N–H and O–H groups in total.